The molecule has 0 spiro atoms. The minimum absolute atomic E-state index is 0. The number of fused-ring (bicyclic) bond motifs is 3. The SMILES string of the molecule is COc1ccc2[nH]c3c(c2c1)CCNC3c1cn[nH]c1-c1ccc(Cl)cc1.Cl. The Hall–Kier alpha value is -2.47. The topological polar surface area (TPSA) is 65.7 Å². The van der Waals surface area contributed by atoms with Crippen LogP contribution in [0.5, 0.6) is 5.75 Å². The summed E-state index contributed by atoms with van der Waals surface area (Å²) in [5.41, 5.74) is 6.87. The zero-order valence-electron chi connectivity index (χ0n) is 15.3. The van der Waals surface area contributed by atoms with Crippen LogP contribution >= 0.6 is 24.0 Å². The van der Waals surface area contributed by atoms with Gasteiger partial charge in [0.2, 0.25) is 0 Å². The van der Waals surface area contributed by atoms with Crippen LogP contribution in [0.1, 0.15) is 22.9 Å². The maximum absolute atomic E-state index is 6.04. The quantitative estimate of drug-likeness (QED) is 0.447. The molecule has 1 aliphatic heterocycles. The summed E-state index contributed by atoms with van der Waals surface area (Å²) < 4.78 is 5.41. The summed E-state index contributed by atoms with van der Waals surface area (Å²) in [4.78, 5) is 3.61. The molecule has 2 aromatic carbocycles. The predicted octanol–water partition coefficient (Wildman–Crippen LogP) is 4.88. The number of hydrogen-bond donors (Lipinski definition) is 3. The second-order valence-corrected chi connectivity index (χ2v) is 7.21. The van der Waals surface area contributed by atoms with Crippen LogP contribution in [0, 0.1) is 0 Å². The van der Waals surface area contributed by atoms with E-state index in [-0.39, 0.29) is 18.4 Å². The molecule has 0 fully saturated rings. The van der Waals surface area contributed by atoms with E-state index in [9.17, 15) is 0 Å². The molecule has 0 bridgehead atoms. The average Bonchev–Trinajstić information content (AvgIpc) is 3.32. The molecule has 0 saturated heterocycles. The van der Waals surface area contributed by atoms with Gasteiger partial charge in [0.15, 0.2) is 0 Å². The first-order chi connectivity index (χ1) is 13.2. The minimum Gasteiger partial charge on any atom is -0.497 e. The zero-order chi connectivity index (χ0) is 18.4. The largest absolute Gasteiger partial charge is 0.497 e. The lowest BCUT2D eigenvalue weighted by atomic mass is 9.93. The lowest BCUT2D eigenvalue weighted by Gasteiger charge is -2.24. The smallest absolute Gasteiger partial charge is 0.119 e. The van der Waals surface area contributed by atoms with E-state index in [1.54, 1.807) is 7.11 Å². The third kappa shape index (κ3) is 3.05. The molecule has 4 aromatic rings. The van der Waals surface area contributed by atoms with E-state index in [4.69, 9.17) is 16.3 Å². The molecule has 0 aliphatic carbocycles. The molecule has 0 radical (unpaired) electrons. The number of aromatic nitrogens is 3. The van der Waals surface area contributed by atoms with Gasteiger partial charge in [0.1, 0.15) is 5.75 Å². The number of H-pyrrole nitrogens is 2. The lowest BCUT2D eigenvalue weighted by Crippen LogP contribution is -2.30. The van der Waals surface area contributed by atoms with E-state index in [1.165, 1.54) is 16.6 Å². The van der Waals surface area contributed by atoms with E-state index in [1.807, 2.05) is 36.5 Å². The van der Waals surface area contributed by atoms with Crippen molar-refractivity contribution in [2.75, 3.05) is 13.7 Å². The van der Waals surface area contributed by atoms with Crippen molar-refractivity contribution >= 4 is 34.9 Å². The highest BCUT2D eigenvalue weighted by Gasteiger charge is 2.28. The molecule has 2 aromatic heterocycles. The normalized spacial score (nSPS) is 15.9. The number of benzene rings is 2. The van der Waals surface area contributed by atoms with E-state index in [2.05, 4.69) is 32.6 Å². The highest BCUT2D eigenvalue weighted by atomic mass is 35.5. The fourth-order valence-electron chi connectivity index (χ4n) is 3.96. The lowest BCUT2D eigenvalue weighted by molar-refractivity contribution is 0.415. The Kier molecular flexibility index (Phi) is 5.06. The molecule has 3 heterocycles. The number of aromatic amines is 2. The van der Waals surface area contributed by atoms with E-state index >= 15 is 0 Å². The van der Waals surface area contributed by atoms with Gasteiger partial charge >= 0.3 is 0 Å². The number of hydrogen-bond acceptors (Lipinski definition) is 3. The fourth-order valence-corrected chi connectivity index (χ4v) is 4.09. The summed E-state index contributed by atoms with van der Waals surface area (Å²) in [5.74, 6) is 0.879. The maximum Gasteiger partial charge on any atom is 0.119 e. The van der Waals surface area contributed by atoms with Crippen molar-refractivity contribution in [3.8, 4) is 17.0 Å². The van der Waals surface area contributed by atoms with Crippen LogP contribution < -0.4 is 10.1 Å². The Labute approximate surface area is 173 Å². The number of nitrogens with one attached hydrogen (secondary N) is 3. The van der Waals surface area contributed by atoms with Crippen LogP contribution in [0.25, 0.3) is 22.2 Å². The third-order valence-corrected chi connectivity index (χ3v) is 5.52. The summed E-state index contributed by atoms with van der Waals surface area (Å²) in [5, 5.41) is 13.1. The average molecular weight is 415 g/mol. The summed E-state index contributed by atoms with van der Waals surface area (Å²) in [6.45, 7) is 0.910. The van der Waals surface area contributed by atoms with E-state index < -0.39 is 0 Å². The summed E-state index contributed by atoms with van der Waals surface area (Å²) in [7, 11) is 1.70. The van der Waals surface area contributed by atoms with Gasteiger partial charge in [-0.05, 0) is 47.9 Å². The molecule has 1 unspecified atom stereocenters. The van der Waals surface area contributed by atoms with Gasteiger partial charge in [0, 0.05) is 33.7 Å². The molecule has 0 saturated carbocycles. The second-order valence-electron chi connectivity index (χ2n) is 6.77. The fraction of sp³-hybridized carbons (Fsp3) is 0.190. The first kappa shape index (κ1) is 18.9. The predicted molar refractivity (Wildman–Crippen MR) is 115 cm³/mol. The van der Waals surface area contributed by atoms with Crippen LogP contribution in [0.3, 0.4) is 0 Å². The van der Waals surface area contributed by atoms with Crippen molar-refractivity contribution < 1.29 is 4.74 Å². The number of rotatable bonds is 3. The van der Waals surface area contributed by atoms with E-state index in [0.29, 0.717) is 0 Å². The molecule has 5 rings (SSSR count). The van der Waals surface area contributed by atoms with Crippen molar-refractivity contribution in [2.24, 2.45) is 0 Å². The van der Waals surface area contributed by atoms with Crippen LogP contribution in [0.15, 0.2) is 48.7 Å². The van der Waals surface area contributed by atoms with Crippen molar-refractivity contribution in [3.05, 3.63) is 70.5 Å². The van der Waals surface area contributed by atoms with Crippen LogP contribution in [-0.2, 0) is 6.42 Å². The summed E-state index contributed by atoms with van der Waals surface area (Å²) in [6.07, 6.45) is 2.88. The Morgan fingerprint density at radius 2 is 1.96 bits per heavy atom. The minimum atomic E-state index is 0. The molecule has 7 heteroatoms. The second kappa shape index (κ2) is 7.51. The first-order valence-electron chi connectivity index (χ1n) is 8.95. The van der Waals surface area contributed by atoms with Crippen molar-refractivity contribution in [3.63, 3.8) is 0 Å². The molecule has 0 amide bonds. The van der Waals surface area contributed by atoms with Gasteiger partial charge in [-0.25, -0.2) is 0 Å². The number of nitrogens with zero attached hydrogens (tertiary/aromatic N) is 1. The van der Waals surface area contributed by atoms with Crippen LogP contribution in [0.4, 0.5) is 0 Å². The summed E-state index contributed by atoms with van der Waals surface area (Å²) in [6, 6.07) is 14.1. The Bertz CT molecular complexity index is 1120. The third-order valence-electron chi connectivity index (χ3n) is 5.27. The van der Waals surface area contributed by atoms with Gasteiger partial charge in [0.25, 0.3) is 0 Å². The summed E-state index contributed by atoms with van der Waals surface area (Å²) >= 11 is 6.04. The molecular formula is C21H20Cl2N4O. The Balaban J connectivity index is 0.00000192. The first-order valence-corrected chi connectivity index (χ1v) is 9.33. The van der Waals surface area contributed by atoms with E-state index in [0.717, 1.165) is 46.1 Å². The highest BCUT2D eigenvalue weighted by Crippen LogP contribution is 2.37. The van der Waals surface area contributed by atoms with Gasteiger partial charge in [-0.3, -0.25) is 5.10 Å². The maximum atomic E-state index is 6.04. The zero-order valence-corrected chi connectivity index (χ0v) is 16.8. The van der Waals surface area contributed by atoms with Crippen LogP contribution in [-0.4, -0.2) is 28.8 Å². The van der Waals surface area contributed by atoms with Crippen LogP contribution in [0.2, 0.25) is 5.02 Å². The molecule has 5 nitrogen and oxygen atoms in total. The van der Waals surface area contributed by atoms with Gasteiger partial charge < -0.3 is 15.0 Å². The number of halogens is 2. The van der Waals surface area contributed by atoms with Gasteiger partial charge in [-0.15, -0.1) is 12.4 Å². The van der Waals surface area contributed by atoms with Crippen molar-refractivity contribution in [2.45, 2.75) is 12.5 Å². The highest BCUT2D eigenvalue weighted by molar-refractivity contribution is 6.30. The van der Waals surface area contributed by atoms with Gasteiger partial charge in [0.05, 0.1) is 25.0 Å². The molecule has 1 atom stereocenters. The number of methoxy groups -OCH3 is 1. The van der Waals surface area contributed by atoms with Crippen molar-refractivity contribution in [1.82, 2.24) is 20.5 Å². The molecule has 1 aliphatic rings. The van der Waals surface area contributed by atoms with Gasteiger partial charge in [-0.2, -0.15) is 5.10 Å². The molecule has 144 valence electrons. The number of ether oxygens (including phenoxy) is 1. The monoisotopic (exact) mass is 414 g/mol. The standard InChI is InChI=1S/C21H19ClN4O.ClH/c1-27-14-6-7-18-16(10-14)15-8-9-23-20(21(15)25-18)17-11-24-26-19(17)12-2-4-13(22)5-3-12;/h2-7,10-11,20,23,25H,8-9H2,1H3,(H,24,26);1H. The Morgan fingerprint density at radius 3 is 2.75 bits per heavy atom. The molecular weight excluding hydrogens is 395 g/mol. The Morgan fingerprint density at radius 1 is 1.14 bits per heavy atom. The van der Waals surface area contributed by atoms with Gasteiger partial charge in [-0.1, -0.05) is 23.7 Å². The molecule has 28 heavy (non-hydrogen) atoms. The molecule has 3 N–H and O–H groups in total. The van der Waals surface area contributed by atoms with Crippen molar-refractivity contribution in [1.29, 1.82) is 0 Å².